The van der Waals surface area contributed by atoms with Gasteiger partial charge in [0, 0.05) is 6.07 Å². The predicted octanol–water partition coefficient (Wildman–Crippen LogP) is -0.0705. The number of aromatic amines is 1. The Balaban J connectivity index is 3.54. The quantitative estimate of drug-likeness (QED) is 0.808. The molecule has 0 atom stereocenters. The third-order valence-electron chi connectivity index (χ3n) is 1.64. The van der Waals surface area contributed by atoms with Crippen LogP contribution < -0.4 is 20.2 Å². The van der Waals surface area contributed by atoms with Crippen LogP contribution in [0, 0.1) is 0 Å². The maximum atomic E-state index is 12.0. The molecule has 1 rings (SSSR count). The van der Waals surface area contributed by atoms with E-state index in [4.69, 9.17) is 5.14 Å². The smallest absolute Gasteiger partial charge is 0.490 e. The van der Waals surface area contributed by atoms with Gasteiger partial charge in [-0.05, 0) is 0 Å². The lowest BCUT2D eigenvalue weighted by molar-refractivity contribution is -0.275. The molecule has 18 heavy (non-hydrogen) atoms. The van der Waals surface area contributed by atoms with Crippen LogP contribution in [0.2, 0.25) is 0 Å². The minimum Gasteiger partial charge on any atom is -0.490 e. The molecule has 0 radical (unpaired) electrons. The molecule has 0 bridgehead atoms. The first-order valence-corrected chi connectivity index (χ1v) is 5.69. The number of hydrogen-bond donors (Lipinski definition) is 2. The molecule has 0 aliphatic carbocycles. The van der Waals surface area contributed by atoms with Gasteiger partial charge in [-0.3, -0.25) is 4.79 Å². The van der Waals surface area contributed by atoms with Crippen LogP contribution in [0.15, 0.2) is 15.9 Å². The molecular weight excluding hydrogens is 281 g/mol. The fraction of sp³-hybridized carbons (Fsp3) is 0.286. The molecule has 0 spiro atoms. The molecule has 0 saturated heterocycles. The van der Waals surface area contributed by atoms with Gasteiger partial charge in [0.1, 0.15) is 0 Å². The zero-order valence-electron chi connectivity index (χ0n) is 8.74. The Labute approximate surface area is 98.4 Å². The van der Waals surface area contributed by atoms with Gasteiger partial charge in [0.2, 0.25) is 0 Å². The lowest BCUT2D eigenvalue weighted by atomic mass is 10.4. The minimum atomic E-state index is -5.11. The fourth-order valence-electron chi connectivity index (χ4n) is 1.10. The van der Waals surface area contributed by atoms with Gasteiger partial charge in [0.15, 0.2) is 16.5 Å². The van der Waals surface area contributed by atoms with Crippen molar-refractivity contribution in [3.63, 3.8) is 0 Å². The fourth-order valence-corrected chi connectivity index (χ4v) is 1.78. The van der Waals surface area contributed by atoms with E-state index in [1.54, 1.807) is 4.98 Å². The Kier molecular flexibility index (Phi) is 3.57. The van der Waals surface area contributed by atoms with Crippen molar-refractivity contribution >= 4 is 10.0 Å². The van der Waals surface area contributed by atoms with Crippen molar-refractivity contribution in [1.29, 1.82) is 0 Å². The first kappa shape index (κ1) is 14.3. The topological polar surface area (TPSA) is 111 Å². The number of primary sulfonamides is 1. The average molecular weight is 288 g/mol. The second kappa shape index (κ2) is 4.49. The molecule has 0 aliphatic rings. The lowest BCUT2D eigenvalue weighted by Crippen LogP contribution is -2.23. The van der Waals surface area contributed by atoms with E-state index in [0.29, 0.717) is 6.07 Å². The highest BCUT2D eigenvalue weighted by atomic mass is 32.2. The number of ether oxygens (including phenoxy) is 2. The highest BCUT2D eigenvalue weighted by Gasteiger charge is 2.34. The van der Waals surface area contributed by atoms with Crippen LogP contribution in [0.1, 0.15) is 0 Å². The first-order valence-electron chi connectivity index (χ1n) is 4.14. The third-order valence-corrected chi connectivity index (χ3v) is 2.50. The largest absolute Gasteiger partial charge is 0.573 e. The summed E-state index contributed by atoms with van der Waals surface area (Å²) in [6, 6.07) is 0.390. The summed E-state index contributed by atoms with van der Waals surface area (Å²) in [4.78, 5) is 12.8. The molecular formula is C7H7F3N2O5S. The van der Waals surface area contributed by atoms with Crippen molar-refractivity contribution in [1.82, 2.24) is 4.98 Å². The van der Waals surface area contributed by atoms with E-state index in [2.05, 4.69) is 9.47 Å². The zero-order valence-corrected chi connectivity index (χ0v) is 9.55. The normalized spacial score (nSPS) is 12.3. The molecule has 1 aromatic rings. The summed E-state index contributed by atoms with van der Waals surface area (Å²) in [6.45, 7) is 0. The number of sulfonamides is 1. The van der Waals surface area contributed by atoms with Gasteiger partial charge in [0.25, 0.3) is 15.6 Å². The van der Waals surface area contributed by atoms with Crippen molar-refractivity contribution in [2.75, 3.05) is 7.11 Å². The van der Waals surface area contributed by atoms with Gasteiger partial charge in [0.05, 0.1) is 7.11 Å². The van der Waals surface area contributed by atoms with Crippen LogP contribution in [-0.4, -0.2) is 26.9 Å². The number of alkyl halides is 3. The van der Waals surface area contributed by atoms with Gasteiger partial charge in [-0.1, -0.05) is 0 Å². The summed E-state index contributed by atoms with van der Waals surface area (Å²) >= 11 is 0. The molecule has 1 heterocycles. The summed E-state index contributed by atoms with van der Waals surface area (Å²) < 4.78 is 66.2. The van der Waals surface area contributed by atoms with Crippen LogP contribution >= 0.6 is 0 Å². The van der Waals surface area contributed by atoms with Gasteiger partial charge in [-0.15, -0.1) is 13.2 Å². The van der Waals surface area contributed by atoms with E-state index in [9.17, 15) is 26.4 Å². The first-order chi connectivity index (χ1) is 8.04. The Bertz CT molecular complexity index is 606. The SMILES string of the molecule is COc1c(OC(F)(F)F)cc(=O)[nH]c1S(N)(=O)=O. The van der Waals surface area contributed by atoms with E-state index in [1.807, 2.05) is 0 Å². The molecule has 102 valence electrons. The summed E-state index contributed by atoms with van der Waals surface area (Å²) in [5.74, 6) is -1.94. The Morgan fingerprint density at radius 1 is 1.39 bits per heavy atom. The number of rotatable bonds is 3. The number of methoxy groups -OCH3 is 1. The van der Waals surface area contributed by atoms with Gasteiger partial charge < -0.3 is 14.5 Å². The van der Waals surface area contributed by atoms with Crippen LogP contribution in [0.4, 0.5) is 13.2 Å². The molecule has 0 amide bonds. The van der Waals surface area contributed by atoms with Crippen LogP contribution in [0.5, 0.6) is 11.5 Å². The second-order valence-electron chi connectivity index (χ2n) is 2.95. The lowest BCUT2D eigenvalue weighted by Gasteiger charge is -2.13. The number of aromatic nitrogens is 1. The van der Waals surface area contributed by atoms with E-state index >= 15 is 0 Å². The molecule has 3 N–H and O–H groups in total. The maximum absolute atomic E-state index is 12.0. The molecule has 1 aromatic heterocycles. The number of nitrogens with one attached hydrogen (secondary N) is 1. The van der Waals surface area contributed by atoms with Gasteiger partial charge in [-0.25, -0.2) is 13.6 Å². The van der Waals surface area contributed by atoms with E-state index in [1.165, 1.54) is 0 Å². The molecule has 0 fully saturated rings. The van der Waals surface area contributed by atoms with Crippen LogP contribution in [0.3, 0.4) is 0 Å². The number of pyridine rings is 1. The average Bonchev–Trinajstić information content (AvgIpc) is 2.12. The number of H-pyrrole nitrogens is 1. The van der Waals surface area contributed by atoms with E-state index in [-0.39, 0.29) is 0 Å². The van der Waals surface area contributed by atoms with Crippen LogP contribution in [0.25, 0.3) is 0 Å². The predicted molar refractivity (Wildman–Crippen MR) is 51.7 cm³/mol. The number of hydrogen-bond acceptors (Lipinski definition) is 5. The minimum absolute atomic E-state index is 0.390. The van der Waals surface area contributed by atoms with Crippen molar-refractivity contribution < 1.29 is 31.1 Å². The molecule has 0 unspecified atom stereocenters. The maximum Gasteiger partial charge on any atom is 0.573 e. The summed E-state index contributed by atoms with van der Waals surface area (Å²) in [6.07, 6.45) is -5.11. The Hall–Kier alpha value is -1.75. The summed E-state index contributed by atoms with van der Waals surface area (Å²) in [5.41, 5.74) is -1.14. The van der Waals surface area contributed by atoms with Crippen molar-refractivity contribution in [2.45, 2.75) is 11.4 Å². The molecule has 7 nitrogen and oxygen atoms in total. The molecule has 0 aliphatic heterocycles. The summed E-state index contributed by atoms with van der Waals surface area (Å²) in [7, 11) is -3.58. The molecule has 0 saturated carbocycles. The molecule has 11 heteroatoms. The summed E-state index contributed by atoms with van der Waals surface area (Å²) in [5, 5.41) is 3.72. The van der Waals surface area contributed by atoms with E-state index in [0.717, 1.165) is 7.11 Å². The highest BCUT2D eigenvalue weighted by Crippen LogP contribution is 2.34. The van der Waals surface area contributed by atoms with Crippen LogP contribution in [-0.2, 0) is 10.0 Å². The number of nitrogens with two attached hydrogens (primary N) is 1. The van der Waals surface area contributed by atoms with Crippen molar-refractivity contribution in [2.24, 2.45) is 5.14 Å². The highest BCUT2D eigenvalue weighted by molar-refractivity contribution is 7.89. The van der Waals surface area contributed by atoms with Gasteiger partial charge in [-0.2, -0.15) is 0 Å². The standard InChI is InChI=1S/C7H7F3N2O5S/c1-16-5-3(17-7(8,9)10)2-4(13)12-6(5)18(11,14)15/h2H,1H3,(H,12,13)(H2,11,14,15). The van der Waals surface area contributed by atoms with E-state index < -0.39 is 38.5 Å². The molecule has 0 aromatic carbocycles. The monoisotopic (exact) mass is 288 g/mol. The second-order valence-corrected chi connectivity index (χ2v) is 4.45. The van der Waals surface area contributed by atoms with Gasteiger partial charge >= 0.3 is 6.36 Å². The van der Waals surface area contributed by atoms with Crippen molar-refractivity contribution in [3.05, 3.63) is 16.4 Å². The number of halogens is 3. The van der Waals surface area contributed by atoms with Crippen molar-refractivity contribution in [3.8, 4) is 11.5 Å². The third kappa shape index (κ3) is 3.37. The Morgan fingerprint density at radius 3 is 2.33 bits per heavy atom. The Morgan fingerprint density at radius 2 is 1.94 bits per heavy atom. The zero-order chi connectivity index (χ0) is 14.1.